The van der Waals surface area contributed by atoms with Crippen LogP contribution in [0.2, 0.25) is 10.0 Å². The van der Waals surface area contributed by atoms with Crippen molar-refractivity contribution < 1.29 is 0 Å². The van der Waals surface area contributed by atoms with E-state index in [1.165, 1.54) is 32.1 Å². The average molecular weight is 316 g/mol. The van der Waals surface area contributed by atoms with Gasteiger partial charge in [0.15, 0.2) is 0 Å². The van der Waals surface area contributed by atoms with Crippen LogP contribution in [-0.2, 0) is 0 Å². The standard InChI is InChI=1S/C15H23Cl2N3/c1-10(2)8-15(5-3-4-6-15)9-19-14-12(17)7-11(16)13(18)20-14/h7,10H,3-6,8-9H2,1-2H3,(H3,18,19,20). The molecule has 1 aliphatic rings. The van der Waals surface area contributed by atoms with Gasteiger partial charge < -0.3 is 11.1 Å². The number of hydrogen-bond acceptors (Lipinski definition) is 3. The Morgan fingerprint density at radius 3 is 2.55 bits per heavy atom. The Hall–Kier alpha value is -0.670. The monoisotopic (exact) mass is 315 g/mol. The molecule has 20 heavy (non-hydrogen) atoms. The van der Waals surface area contributed by atoms with Gasteiger partial charge in [-0.15, -0.1) is 0 Å². The van der Waals surface area contributed by atoms with Gasteiger partial charge in [-0.2, -0.15) is 0 Å². The third kappa shape index (κ3) is 3.70. The molecule has 0 amide bonds. The van der Waals surface area contributed by atoms with Crippen molar-refractivity contribution >= 4 is 34.8 Å². The predicted octanol–water partition coefficient (Wildman–Crippen LogP) is 4.99. The van der Waals surface area contributed by atoms with E-state index in [0.717, 1.165) is 6.54 Å². The van der Waals surface area contributed by atoms with Crippen LogP contribution in [0, 0.1) is 11.3 Å². The zero-order valence-corrected chi connectivity index (χ0v) is 13.7. The minimum atomic E-state index is 0.322. The van der Waals surface area contributed by atoms with Crippen molar-refractivity contribution in [2.24, 2.45) is 11.3 Å². The first-order chi connectivity index (χ1) is 9.42. The molecule has 0 aliphatic heterocycles. The van der Waals surface area contributed by atoms with Crippen LogP contribution < -0.4 is 11.1 Å². The number of nitrogens with zero attached hydrogens (tertiary/aromatic N) is 1. The van der Waals surface area contributed by atoms with Gasteiger partial charge in [0, 0.05) is 6.54 Å². The average Bonchev–Trinajstić information content (AvgIpc) is 2.80. The lowest BCUT2D eigenvalue weighted by Crippen LogP contribution is -2.29. The fourth-order valence-electron chi connectivity index (χ4n) is 3.32. The minimum absolute atomic E-state index is 0.322. The molecule has 1 aromatic heterocycles. The zero-order valence-electron chi connectivity index (χ0n) is 12.2. The lowest BCUT2D eigenvalue weighted by Gasteiger charge is -2.31. The van der Waals surface area contributed by atoms with Crippen molar-refractivity contribution in [3.8, 4) is 0 Å². The van der Waals surface area contributed by atoms with E-state index in [0.29, 0.717) is 33.0 Å². The summed E-state index contributed by atoms with van der Waals surface area (Å²) in [5, 5.41) is 4.32. The molecule has 0 saturated heterocycles. The summed E-state index contributed by atoms with van der Waals surface area (Å²) in [6.45, 7) is 5.47. The van der Waals surface area contributed by atoms with Crippen molar-refractivity contribution in [1.82, 2.24) is 4.98 Å². The molecule has 0 unspecified atom stereocenters. The Balaban J connectivity index is 2.08. The molecule has 1 aliphatic carbocycles. The molecule has 0 spiro atoms. The number of rotatable bonds is 5. The van der Waals surface area contributed by atoms with Crippen LogP contribution in [0.3, 0.4) is 0 Å². The molecule has 0 atom stereocenters. The number of halogens is 2. The summed E-state index contributed by atoms with van der Waals surface area (Å²) in [6, 6.07) is 1.65. The maximum Gasteiger partial charge on any atom is 0.147 e. The fourth-order valence-corrected chi connectivity index (χ4v) is 3.75. The maximum absolute atomic E-state index is 6.17. The number of nitrogens with two attached hydrogens (primary N) is 1. The highest BCUT2D eigenvalue weighted by molar-refractivity contribution is 6.37. The van der Waals surface area contributed by atoms with Crippen LogP contribution in [0.4, 0.5) is 11.6 Å². The highest BCUT2D eigenvalue weighted by atomic mass is 35.5. The smallest absolute Gasteiger partial charge is 0.147 e. The van der Waals surface area contributed by atoms with Gasteiger partial charge in [-0.05, 0) is 36.7 Å². The summed E-state index contributed by atoms with van der Waals surface area (Å²) in [6.07, 6.45) is 6.43. The summed E-state index contributed by atoms with van der Waals surface area (Å²) >= 11 is 12.1. The summed E-state index contributed by atoms with van der Waals surface area (Å²) in [5.74, 6) is 1.67. The van der Waals surface area contributed by atoms with E-state index in [1.807, 2.05) is 0 Å². The summed E-state index contributed by atoms with van der Waals surface area (Å²) in [4.78, 5) is 4.25. The quantitative estimate of drug-likeness (QED) is 0.804. The summed E-state index contributed by atoms with van der Waals surface area (Å²) in [7, 11) is 0. The highest BCUT2D eigenvalue weighted by Crippen LogP contribution is 2.43. The van der Waals surface area contributed by atoms with Gasteiger partial charge >= 0.3 is 0 Å². The summed E-state index contributed by atoms with van der Waals surface area (Å²) in [5.41, 5.74) is 6.11. The van der Waals surface area contributed by atoms with Crippen LogP contribution in [0.5, 0.6) is 0 Å². The third-order valence-corrected chi connectivity index (χ3v) is 4.68. The molecule has 3 N–H and O–H groups in total. The van der Waals surface area contributed by atoms with Gasteiger partial charge in [0.2, 0.25) is 0 Å². The number of pyridine rings is 1. The fraction of sp³-hybridized carbons (Fsp3) is 0.667. The minimum Gasteiger partial charge on any atom is -0.382 e. The molecule has 0 radical (unpaired) electrons. The molecular formula is C15H23Cl2N3. The van der Waals surface area contributed by atoms with Crippen molar-refractivity contribution in [2.75, 3.05) is 17.6 Å². The topological polar surface area (TPSA) is 50.9 Å². The van der Waals surface area contributed by atoms with Crippen LogP contribution >= 0.6 is 23.2 Å². The Labute approximate surface area is 131 Å². The number of nitrogens with one attached hydrogen (secondary N) is 1. The Morgan fingerprint density at radius 1 is 1.30 bits per heavy atom. The van der Waals surface area contributed by atoms with E-state index in [-0.39, 0.29) is 0 Å². The van der Waals surface area contributed by atoms with Crippen molar-refractivity contribution in [3.05, 3.63) is 16.1 Å². The van der Waals surface area contributed by atoms with Crippen molar-refractivity contribution in [3.63, 3.8) is 0 Å². The normalized spacial score (nSPS) is 17.6. The first kappa shape index (κ1) is 15.7. The second-order valence-electron chi connectivity index (χ2n) is 6.34. The molecule has 3 nitrogen and oxygen atoms in total. The first-order valence-corrected chi connectivity index (χ1v) is 8.03. The van der Waals surface area contributed by atoms with E-state index >= 15 is 0 Å². The van der Waals surface area contributed by atoms with Gasteiger partial charge in [-0.3, -0.25) is 0 Å². The number of nitrogen functional groups attached to an aromatic ring is 1. The molecular weight excluding hydrogens is 293 g/mol. The van der Waals surface area contributed by atoms with Crippen LogP contribution in [0.15, 0.2) is 6.07 Å². The molecule has 2 rings (SSSR count). The number of hydrogen-bond donors (Lipinski definition) is 2. The second kappa shape index (κ2) is 6.40. The molecule has 1 fully saturated rings. The number of aromatic nitrogens is 1. The lowest BCUT2D eigenvalue weighted by molar-refractivity contribution is 0.252. The van der Waals surface area contributed by atoms with Crippen molar-refractivity contribution in [2.45, 2.75) is 46.0 Å². The molecule has 0 bridgehead atoms. The third-order valence-electron chi connectivity index (χ3n) is 4.09. The van der Waals surface area contributed by atoms with Gasteiger partial charge in [0.1, 0.15) is 11.6 Å². The summed E-state index contributed by atoms with van der Waals surface area (Å²) < 4.78 is 0. The predicted molar refractivity (Wildman–Crippen MR) is 87.5 cm³/mol. The van der Waals surface area contributed by atoms with E-state index in [2.05, 4.69) is 24.1 Å². The van der Waals surface area contributed by atoms with Gasteiger partial charge in [-0.1, -0.05) is 49.9 Å². The molecule has 1 saturated carbocycles. The van der Waals surface area contributed by atoms with Crippen LogP contribution in [0.25, 0.3) is 0 Å². The molecule has 5 heteroatoms. The van der Waals surface area contributed by atoms with E-state index < -0.39 is 0 Å². The highest BCUT2D eigenvalue weighted by Gasteiger charge is 2.34. The van der Waals surface area contributed by atoms with Gasteiger partial charge in [-0.25, -0.2) is 4.98 Å². The van der Waals surface area contributed by atoms with E-state index in [4.69, 9.17) is 28.9 Å². The SMILES string of the molecule is CC(C)CC1(CNc2nc(N)c(Cl)cc2Cl)CCCC1. The largest absolute Gasteiger partial charge is 0.382 e. The van der Waals surface area contributed by atoms with Gasteiger partial charge in [0.05, 0.1) is 10.0 Å². The Kier molecular flexibility index (Phi) is 5.03. The number of anilines is 2. The van der Waals surface area contributed by atoms with Crippen LogP contribution in [-0.4, -0.2) is 11.5 Å². The van der Waals surface area contributed by atoms with E-state index in [1.54, 1.807) is 6.07 Å². The lowest BCUT2D eigenvalue weighted by atomic mass is 9.78. The maximum atomic E-state index is 6.17. The van der Waals surface area contributed by atoms with Crippen molar-refractivity contribution in [1.29, 1.82) is 0 Å². The Bertz CT molecular complexity index is 468. The second-order valence-corrected chi connectivity index (χ2v) is 7.16. The molecule has 0 aromatic carbocycles. The molecule has 1 heterocycles. The molecule has 1 aromatic rings. The molecule has 112 valence electrons. The van der Waals surface area contributed by atoms with Gasteiger partial charge in [0.25, 0.3) is 0 Å². The Morgan fingerprint density at radius 2 is 1.95 bits per heavy atom. The van der Waals surface area contributed by atoms with Crippen LogP contribution in [0.1, 0.15) is 46.0 Å². The zero-order chi connectivity index (χ0) is 14.8. The van der Waals surface area contributed by atoms with E-state index in [9.17, 15) is 0 Å². The first-order valence-electron chi connectivity index (χ1n) is 7.27.